The van der Waals surface area contributed by atoms with Gasteiger partial charge in [0.15, 0.2) is 0 Å². The predicted molar refractivity (Wildman–Crippen MR) is 201 cm³/mol. The summed E-state index contributed by atoms with van der Waals surface area (Å²) < 4.78 is 45.4. The standard InChI is InChI=1S/C14H19BO5.C12H24B2O4.C8H7BrO3.CH4/c1-13(2)14(3,4)20-15(19-13)10-6-9(12(17)18-5)7-11(16)8-10;1-9(2)10(3,4)16-13(15-9)14-17-11(5,6)12(7,8)18-14;1-12-8(11)5-2-6(9)4-7(10)3-5;/h6-8,16H,1-5H3;1-8H3;2-4,10H,1H3;1H4. The molecule has 12 nitrogen and oxygen atoms in total. The van der Waals surface area contributed by atoms with E-state index in [1.807, 2.05) is 83.1 Å². The molecule has 0 bridgehead atoms. The maximum absolute atomic E-state index is 11.6. The fourth-order valence-corrected chi connectivity index (χ4v) is 5.28. The summed E-state index contributed by atoms with van der Waals surface area (Å²) in [6.07, 6.45) is 0. The van der Waals surface area contributed by atoms with E-state index in [1.165, 1.54) is 38.5 Å². The molecule has 3 saturated heterocycles. The number of carbonyl (C=O) groups is 2. The number of phenols is 2. The third-order valence-electron chi connectivity index (χ3n) is 9.96. The van der Waals surface area contributed by atoms with Gasteiger partial charge in [0.2, 0.25) is 0 Å². The number of phenolic OH excluding ortho intramolecular Hbond substituents is 2. The summed E-state index contributed by atoms with van der Waals surface area (Å²) in [5.74, 6) is -0.979. The van der Waals surface area contributed by atoms with Crippen molar-refractivity contribution >= 4 is 54.5 Å². The van der Waals surface area contributed by atoms with Gasteiger partial charge in [-0.3, -0.25) is 0 Å². The molecule has 0 amide bonds. The van der Waals surface area contributed by atoms with E-state index in [2.05, 4.69) is 25.4 Å². The van der Waals surface area contributed by atoms with Crippen molar-refractivity contribution in [2.75, 3.05) is 14.2 Å². The summed E-state index contributed by atoms with van der Waals surface area (Å²) in [5.41, 5.74) is -1.22. The summed E-state index contributed by atoms with van der Waals surface area (Å²) in [5, 5.41) is 18.8. The van der Waals surface area contributed by atoms with Gasteiger partial charge in [0.25, 0.3) is 0 Å². The molecule has 0 aromatic heterocycles. The Morgan fingerprint density at radius 3 is 1.20 bits per heavy atom. The number of rotatable bonds is 4. The number of aromatic hydroxyl groups is 2. The van der Waals surface area contributed by atoms with Gasteiger partial charge in [0, 0.05) is 4.47 Å². The highest BCUT2D eigenvalue weighted by Crippen LogP contribution is 2.43. The Morgan fingerprint density at radius 1 is 0.549 bits per heavy atom. The summed E-state index contributed by atoms with van der Waals surface area (Å²) in [6.45, 7) is 24.0. The van der Waals surface area contributed by atoms with Crippen LogP contribution in [-0.2, 0) is 37.4 Å². The minimum atomic E-state index is -0.629. The second-order valence-electron chi connectivity index (χ2n) is 15.3. The number of hydrogen-bond donors (Lipinski definition) is 2. The van der Waals surface area contributed by atoms with E-state index in [1.54, 1.807) is 12.1 Å². The Hall–Kier alpha value is -2.59. The Morgan fingerprint density at radius 2 is 0.863 bits per heavy atom. The average molecular weight is 779 g/mol. The Balaban J connectivity index is 0.000000271. The van der Waals surface area contributed by atoms with E-state index in [0.717, 1.165) is 0 Å². The minimum Gasteiger partial charge on any atom is -0.508 e. The number of carbonyl (C=O) groups excluding carboxylic acids is 2. The van der Waals surface area contributed by atoms with Crippen molar-refractivity contribution < 1.29 is 57.2 Å². The molecular formula is C35H54B3BrO12. The SMILES string of the molecule is C.CC1(C)OB(B2OC(C)(C)C(C)(C)O2)OC1(C)C.COC(=O)c1cc(O)cc(B2OC(C)(C)C(C)(C)O2)c1.COC(=O)c1cc(O)cc(Br)c1. The van der Waals surface area contributed by atoms with E-state index < -0.39 is 44.3 Å². The zero-order valence-electron chi connectivity index (χ0n) is 31.6. The molecule has 51 heavy (non-hydrogen) atoms. The highest BCUT2D eigenvalue weighted by Gasteiger charge is 2.63. The van der Waals surface area contributed by atoms with Crippen molar-refractivity contribution in [2.45, 2.75) is 124 Å². The number of methoxy groups -OCH3 is 2. The van der Waals surface area contributed by atoms with Crippen molar-refractivity contribution in [2.24, 2.45) is 0 Å². The quantitative estimate of drug-likeness (QED) is 0.265. The van der Waals surface area contributed by atoms with Crippen LogP contribution in [0, 0.1) is 0 Å². The van der Waals surface area contributed by atoms with Gasteiger partial charge in [0.05, 0.1) is 59.0 Å². The van der Waals surface area contributed by atoms with Gasteiger partial charge in [-0.15, -0.1) is 0 Å². The first-order chi connectivity index (χ1) is 22.7. The number of benzene rings is 2. The van der Waals surface area contributed by atoms with Crippen LogP contribution >= 0.6 is 15.9 Å². The second kappa shape index (κ2) is 15.8. The fraction of sp³-hybridized carbons (Fsp3) is 0.600. The lowest BCUT2D eigenvalue weighted by molar-refractivity contribution is 0.00578. The van der Waals surface area contributed by atoms with Crippen molar-refractivity contribution in [1.29, 1.82) is 0 Å². The molecular weight excluding hydrogens is 725 g/mol. The molecule has 2 aromatic rings. The number of ether oxygens (including phenoxy) is 2. The highest BCUT2D eigenvalue weighted by molar-refractivity contribution is 9.10. The van der Waals surface area contributed by atoms with E-state index in [4.69, 9.17) is 33.0 Å². The smallest absolute Gasteiger partial charge is 0.494 e. The molecule has 0 radical (unpaired) electrons. The van der Waals surface area contributed by atoms with Crippen LogP contribution in [0.5, 0.6) is 11.5 Å². The van der Waals surface area contributed by atoms with Gasteiger partial charge in [-0.05, 0) is 125 Å². The van der Waals surface area contributed by atoms with Gasteiger partial charge in [-0.2, -0.15) is 0 Å². The van der Waals surface area contributed by atoms with E-state index in [9.17, 15) is 14.7 Å². The molecule has 5 rings (SSSR count). The molecule has 0 aliphatic carbocycles. The first-order valence-electron chi connectivity index (χ1n) is 16.2. The normalized spacial score (nSPS) is 21.4. The molecule has 282 valence electrons. The van der Waals surface area contributed by atoms with Gasteiger partial charge in [-0.25, -0.2) is 9.59 Å². The largest absolute Gasteiger partial charge is 0.508 e. The Kier molecular flexibility index (Phi) is 13.8. The van der Waals surface area contributed by atoms with Crippen molar-refractivity contribution in [1.82, 2.24) is 0 Å². The van der Waals surface area contributed by atoms with Crippen LogP contribution in [0.3, 0.4) is 0 Å². The van der Waals surface area contributed by atoms with Gasteiger partial charge in [0.1, 0.15) is 11.5 Å². The van der Waals surface area contributed by atoms with E-state index in [-0.39, 0.29) is 46.9 Å². The van der Waals surface area contributed by atoms with E-state index >= 15 is 0 Å². The average Bonchev–Trinajstić information content (AvgIpc) is 3.45. The van der Waals surface area contributed by atoms with Crippen LogP contribution < -0.4 is 5.46 Å². The van der Waals surface area contributed by atoms with E-state index in [0.29, 0.717) is 15.5 Å². The first kappa shape index (κ1) is 44.6. The second-order valence-corrected chi connectivity index (χ2v) is 16.2. The molecule has 0 spiro atoms. The number of esters is 2. The van der Waals surface area contributed by atoms with Gasteiger partial charge in [-0.1, -0.05) is 23.4 Å². The molecule has 3 aliphatic heterocycles. The van der Waals surface area contributed by atoms with Crippen LogP contribution in [0.15, 0.2) is 40.9 Å². The number of halogens is 1. The number of hydrogen-bond acceptors (Lipinski definition) is 12. The molecule has 3 fully saturated rings. The molecule has 3 heterocycles. The lowest BCUT2D eigenvalue weighted by atomic mass is 9.49. The molecule has 0 saturated carbocycles. The van der Waals surface area contributed by atoms with Crippen molar-refractivity contribution in [3.05, 3.63) is 52.0 Å². The fourth-order valence-electron chi connectivity index (χ4n) is 4.79. The van der Waals surface area contributed by atoms with Crippen LogP contribution in [0.2, 0.25) is 0 Å². The first-order valence-corrected chi connectivity index (χ1v) is 17.0. The summed E-state index contributed by atoms with van der Waals surface area (Å²) in [4.78, 5) is 22.5. The molecule has 2 N–H and O–H groups in total. The maximum atomic E-state index is 11.6. The Bertz CT molecular complexity index is 1460. The topological polar surface area (TPSA) is 148 Å². The Labute approximate surface area is 312 Å². The van der Waals surface area contributed by atoms with Crippen LogP contribution in [0.4, 0.5) is 0 Å². The van der Waals surface area contributed by atoms with Crippen LogP contribution in [0.1, 0.15) is 111 Å². The lowest BCUT2D eigenvalue weighted by Gasteiger charge is -2.32. The maximum Gasteiger partial charge on any atom is 0.494 e. The monoisotopic (exact) mass is 778 g/mol. The molecule has 2 aromatic carbocycles. The minimum absolute atomic E-state index is 0. The molecule has 0 unspecified atom stereocenters. The molecule has 0 atom stereocenters. The lowest BCUT2D eigenvalue weighted by Crippen LogP contribution is -2.41. The van der Waals surface area contributed by atoms with Crippen LogP contribution in [0.25, 0.3) is 0 Å². The third-order valence-corrected chi connectivity index (χ3v) is 10.4. The van der Waals surface area contributed by atoms with Gasteiger partial charge >= 0.3 is 33.1 Å². The predicted octanol–water partition coefficient (Wildman–Crippen LogP) is 6.30. The third kappa shape index (κ3) is 10.1. The van der Waals surface area contributed by atoms with Crippen molar-refractivity contribution in [3.63, 3.8) is 0 Å². The van der Waals surface area contributed by atoms with Gasteiger partial charge < -0.3 is 47.6 Å². The zero-order valence-corrected chi connectivity index (χ0v) is 33.1. The summed E-state index contributed by atoms with van der Waals surface area (Å²) in [7, 11) is 1.00. The highest BCUT2D eigenvalue weighted by atomic mass is 79.9. The summed E-state index contributed by atoms with van der Waals surface area (Å²) in [6, 6.07) is 8.89. The van der Waals surface area contributed by atoms with Crippen molar-refractivity contribution in [3.8, 4) is 11.5 Å². The summed E-state index contributed by atoms with van der Waals surface area (Å²) >= 11 is 3.14. The zero-order chi connectivity index (χ0) is 38.3. The molecule has 16 heteroatoms. The molecule has 3 aliphatic rings. The van der Waals surface area contributed by atoms with Crippen LogP contribution in [-0.4, -0.2) is 91.1 Å².